The molecular formula is C30H37F3N4O3. The fraction of sp³-hybridized carbons (Fsp3) is 0.500. The Kier molecular flexibility index (Phi) is 9.50. The molecule has 1 heterocycles. The van der Waals surface area contributed by atoms with E-state index in [1.165, 1.54) is 25.0 Å². The molecule has 2 fully saturated rings. The third kappa shape index (κ3) is 7.84. The van der Waals surface area contributed by atoms with Crippen LogP contribution in [0.3, 0.4) is 0 Å². The standard InChI is InChI=1S/C30H37F3N4O3/c1-19(40-18-22-3-4-22)15-36-28(38)25-9-10-27(34)26(20(25)2)17-35-16-21-11-13-37(14-12-21)29(39)23-5-7-24(8-6-23)30(31,32)33/h5-10,17,19,21-22H,3-4,11-16,18,34H2,1-2H3,(H,36,38). The van der Waals surface area contributed by atoms with Gasteiger partial charge in [0.2, 0.25) is 0 Å². The number of nitrogens with two attached hydrogens (primary N) is 1. The van der Waals surface area contributed by atoms with Crippen molar-refractivity contribution >= 4 is 23.7 Å². The van der Waals surface area contributed by atoms with Gasteiger partial charge < -0.3 is 20.7 Å². The molecule has 0 radical (unpaired) electrons. The van der Waals surface area contributed by atoms with Gasteiger partial charge in [0.05, 0.1) is 11.7 Å². The Labute approximate surface area is 233 Å². The van der Waals surface area contributed by atoms with E-state index in [-0.39, 0.29) is 29.4 Å². The first-order chi connectivity index (χ1) is 19.0. The van der Waals surface area contributed by atoms with Crippen LogP contribution < -0.4 is 11.1 Å². The van der Waals surface area contributed by atoms with Gasteiger partial charge in [-0.3, -0.25) is 14.6 Å². The van der Waals surface area contributed by atoms with E-state index in [0.29, 0.717) is 48.9 Å². The number of hydrogen-bond donors (Lipinski definition) is 2. The Morgan fingerprint density at radius 2 is 1.77 bits per heavy atom. The number of carbonyl (C=O) groups is 2. The monoisotopic (exact) mass is 558 g/mol. The van der Waals surface area contributed by atoms with Gasteiger partial charge in [-0.15, -0.1) is 0 Å². The zero-order valence-electron chi connectivity index (χ0n) is 23.0. The number of aliphatic imine (C=N–C) groups is 1. The van der Waals surface area contributed by atoms with Crippen molar-refractivity contribution in [1.82, 2.24) is 10.2 Å². The normalized spacial score (nSPS) is 17.3. The first-order valence-electron chi connectivity index (χ1n) is 13.8. The molecule has 10 heteroatoms. The molecule has 2 amide bonds. The average molecular weight is 559 g/mol. The SMILES string of the molecule is Cc1c(C(=O)NCC(C)OCC2CC2)ccc(N)c1C=NCC1CCN(C(=O)c2ccc(C(F)(F)F)cc2)CC1. The summed E-state index contributed by atoms with van der Waals surface area (Å²) >= 11 is 0. The molecule has 0 aromatic heterocycles. The van der Waals surface area contributed by atoms with Crippen LogP contribution in [0, 0.1) is 18.8 Å². The predicted octanol–water partition coefficient (Wildman–Crippen LogP) is 5.11. The minimum Gasteiger partial charge on any atom is -0.398 e. The number of alkyl halides is 3. The summed E-state index contributed by atoms with van der Waals surface area (Å²) in [5.41, 5.74) is 8.22. The summed E-state index contributed by atoms with van der Waals surface area (Å²) in [6, 6.07) is 7.76. The van der Waals surface area contributed by atoms with E-state index in [0.717, 1.165) is 37.1 Å². The molecule has 1 unspecified atom stereocenters. The molecule has 2 aliphatic rings. The number of anilines is 1. The van der Waals surface area contributed by atoms with Crippen molar-refractivity contribution in [2.45, 2.75) is 51.8 Å². The van der Waals surface area contributed by atoms with Crippen LogP contribution in [0.25, 0.3) is 0 Å². The van der Waals surface area contributed by atoms with Crippen molar-refractivity contribution < 1.29 is 27.5 Å². The Morgan fingerprint density at radius 3 is 2.40 bits per heavy atom. The van der Waals surface area contributed by atoms with Crippen LogP contribution in [0.15, 0.2) is 41.4 Å². The van der Waals surface area contributed by atoms with E-state index in [2.05, 4.69) is 10.3 Å². The molecule has 1 aliphatic heterocycles. The quantitative estimate of drug-likeness (QED) is 0.313. The van der Waals surface area contributed by atoms with Crippen LogP contribution in [-0.4, -0.2) is 61.8 Å². The van der Waals surface area contributed by atoms with Crippen LogP contribution in [0.5, 0.6) is 0 Å². The lowest BCUT2D eigenvalue weighted by atomic mass is 9.96. The smallest absolute Gasteiger partial charge is 0.398 e. The van der Waals surface area contributed by atoms with Crippen molar-refractivity contribution in [3.05, 3.63) is 64.2 Å². The first kappa shape index (κ1) is 29.6. The number of halogens is 3. The Balaban J connectivity index is 1.27. The molecule has 2 aromatic carbocycles. The second-order valence-electron chi connectivity index (χ2n) is 10.8. The van der Waals surface area contributed by atoms with Crippen molar-refractivity contribution in [2.75, 3.05) is 38.5 Å². The van der Waals surface area contributed by atoms with E-state index >= 15 is 0 Å². The van der Waals surface area contributed by atoms with Gasteiger partial charge in [-0.25, -0.2) is 0 Å². The van der Waals surface area contributed by atoms with E-state index in [9.17, 15) is 22.8 Å². The largest absolute Gasteiger partial charge is 0.416 e. The summed E-state index contributed by atoms with van der Waals surface area (Å²) in [6.07, 6.45) is 1.14. The van der Waals surface area contributed by atoms with Crippen LogP contribution in [0.2, 0.25) is 0 Å². The fourth-order valence-corrected chi connectivity index (χ4v) is 4.74. The predicted molar refractivity (Wildman–Crippen MR) is 149 cm³/mol. The molecule has 2 aromatic rings. The van der Waals surface area contributed by atoms with Gasteiger partial charge in [0, 0.05) is 61.4 Å². The fourth-order valence-electron chi connectivity index (χ4n) is 4.74. The zero-order chi connectivity index (χ0) is 28.9. The summed E-state index contributed by atoms with van der Waals surface area (Å²) in [7, 11) is 0. The van der Waals surface area contributed by atoms with Crippen LogP contribution in [0.4, 0.5) is 18.9 Å². The van der Waals surface area contributed by atoms with Crippen molar-refractivity contribution in [2.24, 2.45) is 16.8 Å². The summed E-state index contributed by atoms with van der Waals surface area (Å²) in [6.45, 7) is 6.55. The third-order valence-electron chi connectivity index (χ3n) is 7.60. The number of carbonyl (C=O) groups excluding carboxylic acids is 2. The zero-order valence-corrected chi connectivity index (χ0v) is 23.0. The molecule has 1 aliphatic carbocycles. The Bertz CT molecular complexity index is 1220. The number of nitrogen functional groups attached to an aromatic ring is 1. The maximum atomic E-state index is 12.8. The number of hydrogen-bond acceptors (Lipinski definition) is 5. The highest BCUT2D eigenvalue weighted by molar-refractivity contribution is 6.00. The Hall–Kier alpha value is -3.40. The first-order valence-corrected chi connectivity index (χ1v) is 13.8. The molecule has 4 rings (SSSR count). The second-order valence-corrected chi connectivity index (χ2v) is 10.8. The van der Waals surface area contributed by atoms with Gasteiger partial charge in [-0.05, 0) is 93.3 Å². The van der Waals surface area contributed by atoms with E-state index in [4.69, 9.17) is 10.5 Å². The van der Waals surface area contributed by atoms with Crippen molar-refractivity contribution in [3.63, 3.8) is 0 Å². The van der Waals surface area contributed by atoms with Gasteiger partial charge >= 0.3 is 6.18 Å². The summed E-state index contributed by atoms with van der Waals surface area (Å²) in [4.78, 5) is 31.8. The maximum Gasteiger partial charge on any atom is 0.416 e. The maximum absolute atomic E-state index is 12.8. The minimum atomic E-state index is -4.43. The molecule has 216 valence electrons. The molecular weight excluding hydrogens is 521 g/mol. The number of nitrogens with one attached hydrogen (secondary N) is 1. The topological polar surface area (TPSA) is 97.0 Å². The molecule has 0 spiro atoms. The molecule has 1 saturated heterocycles. The van der Waals surface area contributed by atoms with Gasteiger partial charge in [0.1, 0.15) is 0 Å². The number of likely N-dealkylation sites (tertiary alicyclic amines) is 1. The molecule has 40 heavy (non-hydrogen) atoms. The van der Waals surface area contributed by atoms with Crippen molar-refractivity contribution in [3.8, 4) is 0 Å². The number of piperidine rings is 1. The summed E-state index contributed by atoms with van der Waals surface area (Å²) < 4.78 is 44.2. The number of nitrogens with zero attached hydrogens (tertiary/aromatic N) is 2. The highest BCUT2D eigenvalue weighted by Crippen LogP contribution is 2.30. The van der Waals surface area contributed by atoms with Gasteiger partial charge in [-0.1, -0.05) is 0 Å². The van der Waals surface area contributed by atoms with Gasteiger partial charge in [0.25, 0.3) is 11.8 Å². The lowest BCUT2D eigenvalue weighted by Crippen LogP contribution is -2.39. The number of rotatable bonds is 10. The van der Waals surface area contributed by atoms with E-state index in [1.807, 2.05) is 13.8 Å². The minimum absolute atomic E-state index is 0.0590. The van der Waals surface area contributed by atoms with E-state index < -0.39 is 11.7 Å². The van der Waals surface area contributed by atoms with Crippen molar-refractivity contribution in [1.29, 1.82) is 0 Å². The third-order valence-corrected chi connectivity index (χ3v) is 7.60. The van der Waals surface area contributed by atoms with E-state index in [1.54, 1.807) is 23.2 Å². The highest BCUT2D eigenvalue weighted by atomic mass is 19.4. The lowest BCUT2D eigenvalue weighted by molar-refractivity contribution is -0.137. The summed E-state index contributed by atoms with van der Waals surface area (Å²) in [5.74, 6) is 0.484. The molecule has 0 bridgehead atoms. The average Bonchev–Trinajstić information content (AvgIpc) is 3.77. The molecule has 1 saturated carbocycles. The van der Waals surface area contributed by atoms with Gasteiger partial charge in [-0.2, -0.15) is 13.2 Å². The van der Waals surface area contributed by atoms with Crippen LogP contribution in [0.1, 0.15) is 70.0 Å². The van der Waals surface area contributed by atoms with Gasteiger partial charge in [0.15, 0.2) is 0 Å². The van der Waals surface area contributed by atoms with Crippen LogP contribution in [-0.2, 0) is 10.9 Å². The Morgan fingerprint density at radius 1 is 1.10 bits per heavy atom. The number of benzene rings is 2. The molecule has 7 nitrogen and oxygen atoms in total. The number of amides is 2. The van der Waals surface area contributed by atoms with Crippen LogP contribution >= 0.6 is 0 Å². The molecule has 1 atom stereocenters. The second kappa shape index (κ2) is 12.8. The summed E-state index contributed by atoms with van der Waals surface area (Å²) in [5, 5.41) is 2.94. The molecule has 3 N–H and O–H groups in total. The lowest BCUT2D eigenvalue weighted by Gasteiger charge is -2.31. The highest BCUT2D eigenvalue weighted by Gasteiger charge is 2.31. The number of ether oxygens (including phenoxy) is 1.